The van der Waals surface area contributed by atoms with E-state index in [1.807, 2.05) is 6.07 Å². The third-order valence-electron chi connectivity index (χ3n) is 3.23. The van der Waals surface area contributed by atoms with Gasteiger partial charge in [-0.25, -0.2) is 0 Å². The maximum absolute atomic E-state index is 5.77. The standard InChI is InChI=1S/C13H17NO3/c1-2-14-10-4-3-5-15-11-7-13-12(6-9(10)11)16-8-17-13/h6-7,10,14H,2-5,8H2,1H3. The zero-order valence-corrected chi connectivity index (χ0v) is 9.99. The van der Waals surface area contributed by atoms with E-state index < -0.39 is 0 Å². The zero-order valence-electron chi connectivity index (χ0n) is 9.99. The first kappa shape index (κ1) is 10.7. The Morgan fingerprint density at radius 3 is 2.82 bits per heavy atom. The van der Waals surface area contributed by atoms with Gasteiger partial charge in [-0.15, -0.1) is 0 Å². The number of benzene rings is 1. The van der Waals surface area contributed by atoms with Gasteiger partial charge in [0.1, 0.15) is 5.75 Å². The van der Waals surface area contributed by atoms with Gasteiger partial charge in [0.25, 0.3) is 0 Å². The summed E-state index contributed by atoms with van der Waals surface area (Å²) in [4.78, 5) is 0. The van der Waals surface area contributed by atoms with E-state index in [9.17, 15) is 0 Å². The van der Waals surface area contributed by atoms with Crippen molar-refractivity contribution in [3.05, 3.63) is 17.7 Å². The molecule has 1 aromatic carbocycles. The molecule has 17 heavy (non-hydrogen) atoms. The van der Waals surface area contributed by atoms with E-state index in [0.717, 1.165) is 43.2 Å². The molecule has 1 atom stereocenters. The fraction of sp³-hybridized carbons (Fsp3) is 0.538. The van der Waals surface area contributed by atoms with E-state index in [0.29, 0.717) is 12.8 Å². The predicted octanol–water partition coefficient (Wildman–Crippen LogP) is 2.24. The first-order valence-corrected chi connectivity index (χ1v) is 6.18. The van der Waals surface area contributed by atoms with Crippen LogP contribution in [0.2, 0.25) is 0 Å². The van der Waals surface area contributed by atoms with Crippen molar-refractivity contribution in [1.82, 2.24) is 5.32 Å². The van der Waals surface area contributed by atoms with Crippen molar-refractivity contribution in [2.75, 3.05) is 19.9 Å². The van der Waals surface area contributed by atoms with Crippen LogP contribution in [0.25, 0.3) is 0 Å². The number of rotatable bonds is 2. The Labute approximate surface area is 101 Å². The second-order valence-corrected chi connectivity index (χ2v) is 4.34. The van der Waals surface area contributed by atoms with Crippen LogP contribution >= 0.6 is 0 Å². The Balaban J connectivity index is 2.00. The van der Waals surface area contributed by atoms with Crippen LogP contribution in [0.3, 0.4) is 0 Å². The molecule has 0 aliphatic carbocycles. The maximum Gasteiger partial charge on any atom is 0.231 e. The summed E-state index contributed by atoms with van der Waals surface area (Å²) in [5.74, 6) is 2.55. The van der Waals surface area contributed by atoms with E-state index in [1.54, 1.807) is 0 Å². The first-order chi connectivity index (χ1) is 8.38. The van der Waals surface area contributed by atoms with Crippen molar-refractivity contribution in [3.8, 4) is 17.2 Å². The Kier molecular flexibility index (Phi) is 2.81. The summed E-state index contributed by atoms with van der Waals surface area (Å²) < 4.78 is 16.6. The summed E-state index contributed by atoms with van der Waals surface area (Å²) in [5, 5.41) is 3.50. The SMILES string of the molecule is CCNC1CCCOc2cc3c(cc21)OCO3. The molecular formula is C13H17NO3. The molecule has 1 aromatic rings. The molecule has 4 heteroatoms. The molecule has 0 radical (unpaired) electrons. The van der Waals surface area contributed by atoms with Crippen molar-refractivity contribution in [3.63, 3.8) is 0 Å². The van der Waals surface area contributed by atoms with E-state index in [2.05, 4.69) is 18.3 Å². The lowest BCUT2D eigenvalue weighted by atomic mass is 10.0. The number of fused-ring (bicyclic) bond motifs is 2. The van der Waals surface area contributed by atoms with Gasteiger partial charge in [-0.1, -0.05) is 6.92 Å². The zero-order chi connectivity index (χ0) is 11.7. The normalized spacial score (nSPS) is 21.6. The molecule has 0 aromatic heterocycles. The fourth-order valence-electron chi connectivity index (χ4n) is 2.42. The average Bonchev–Trinajstić information content (AvgIpc) is 2.70. The van der Waals surface area contributed by atoms with Gasteiger partial charge in [-0.2, -0.15) is 0 Å². The monoisotopic (exact) mass is 235 g/mol. The van der Waals surface area contributed by atoms with Crippen molar-refractivity contribution in [2.24, 2.45) is 0 Å². The summed E-state index contributed by atoms with van der Waals surface area (Å²) in [6, 6.07) is 4.36. The van der Waals surface area contributed by atoms with Crippen LogP contribution in [0.1, 0.15) is 31.4 Å². The van der Waals surface area contributed by atoms with Crippen LogP contribution < -0.4 is 19.5 Å². The molecule has 0 amide bonds. The Bertz CT molecular complexity index is 419. The molecule has 2 heterocycles. The van der Waals surface area contributed by atoms with Gasteiger partial charge >= 0.3 is 0 Å². The first-order valence-electron chi connectivity index (χ1n) is 6.18. The largest absolute Gasteiger partial charge is 0.493 e. The van der Waals surface area contributed by atoms with Crippen molar-refractivity contribution >= 4 is 0 Å². The summed E-state index contributed by atoms with van der Waals surface area (Å²) in [6.07, 6.45) is 2.17. The van der Waals surface area contributed by atoms with Crippen LogP contribution in [0, 0.1) is 0 Å². The third kappa shape index (κ3) is 1.93. The third-order valence-corrected chi connectivity index (χ3v) is 3.23. The van der Waals surface area contributed by atoms with Gasteiger partial charge in [0, 0.05) is 17.7 Å². The van der Waals surface area contributed by atoms with E-state index >= 15 is 0 Å². The summed E-state index contributed by atoms with van der Waals surface area (Å²) in [6.45, 7) is 4.16. The lowest BCUT2D eigenvalue weighted by molar-refractivity contribution is 0.173. The highest BCUT2D eigenvalue weighted by Crippen LogP contribution is 2.42. The Hall–Kier alpha value is -1.42. The van der Waals surface area contributed by atoms with Crippen LogP contribution in [0.5, 0.6) is 17.2 Å². The van der Waals surface area contributed by atoms with Gasteiger partial charge in [0.05, 0.1) is 6.61 Å². The topological polar surface area (TPSA) is 39.7 Å². The van der Waals surface area contributed by atoms with E-state index in [1.165, 1.54) is 5.56 Å². The molecule has 2 aliphatic rings. The molecule has 0 bridgehead atoms. The molecular weight excluding hydrogens is 218 g/mol. The van der Waals surface area contributed by atoms with Crippen LogP contribution in [0.4, 0.5) is 0 Å². The predicted molar refractivity (Wildman–Crippen MR) is 63.7 cm³/mol. The molecule has 1 N–H and O–H groups in total. The van der Waals surface area contributed by atoms with Gasteiger partial charge in [0.2, 0.25) is 6.79 Å². The second kappa shape index (κ2) is 4.45. The summed E-state index contributed by atoms with van der Waals surface area (Å²) in [7, 11) is 0. The number of nitrogens with one attached hydrogen (secondary N) is 1. The molecule has 0 saturated carbocycles. The molecule has 0 fully saturated rings. The molecule has 0 saturated heterocycles. The number of ether oxygens (including phenoxy) is 3. The lowest BCUT2D eigenvalue weighted by Gasteiger charge is -2.17. The summed E-state index contributed by atoms with van der Waals surface area (Å²) in [5.41, 5.74) is 1.19. The van der Waals surface area contributed by atoms with Crippen LogP contribution in [0.15, 0.2) is 12.1 Å². The quantitative estimate of drug-likeness (QED) is 0.853. The highest BCUT2D eigenvalue weighted by molar-refractivity contribution is 5.53. The smallest absolute Gasteiger partial charge is 0.231 e. The van der Waals surface area contributed by atoms with E-state index in [-0.39, 0.29) is 0 Å². The van der Waals surface area contributed by atoms with Crippen molar-refractivity contribution in [1.29, 1.82) is 0 Å². The molecule has 92 valence electrons. The molecule has 4 nitrogen and oxygen atoms in total. The van der Waals surface area contributed by atoms with Crippen LogP contribution in [-0.2, 0) is 0 Å². The minimum absolute atomic E-state index is 0.310. The van der Waals surface area contributed by atoms with Gasteiger partial charge in [-0.05, 0) is 25.5 Å². The maximum atomic E-state index is 5.77. The second-order valence-electron chi connectivity index (χ2n) is 4.34. The fourth-order valence-corrected chi connectivity index (χ4v) is 2.42. The number of hydrogen-bond acceptors (Lipinski definition) is 4. The Morgan fingerprint density at radius 2 is 2.00 bits per heavy atom. The van der Waals surface area contributed by atoms with Gasteiger partial charge in [0.15, 0.2) is 11.5 Å². The minimum atomic E-state index is 0.310. The van der Waals surface area contributed by atoms with Crippen LogP contribution in [-0.4, -0.2) is 19.9 Å². The molecule has 1 unspecified atom stereocenters. The summed E-state index contributed by atoms with van der Waals surface area (Å²) >= 11 is 0. The highest BCUT2D eigenvalue weighted by atomic mass is 16.7. The molecule has 3 rings (SSSR count). The van der Waals surface area contributed by atoms with Crippen molar-refractivity contribution in [2.45, 2.75) is 25.8 Å². The highest BCUT2D eigenvalue weighted by Gasteiger charge is 2.24. The molecule has 2 aliphatic heterocycles. The average molecular weight is 235 g/mol. The Morgan fingerprint density at radius 1 is 1.18 bits per heavy atom. The minimum Gasteiger partial charge on any atom is -0.493 e. The lowest BCUT2D eigenvalue weighted by Crippen LogP contribution is -2.20. The van der Waals surface area contributed by atoms with E-state index in [4.69, 9.17) is 14.2 Å². The number of hydrogen-bond donors (Lipinski definition) is 1. The van der Waals surface area contributed by atoms with Crippen molar-refractivity contribution < 1.29 is 14.2 Å². The van der Waals surface area contributed by atoms with Gasteiger partial charge in [-0.3, -0.25) is 0 Å². The molecule has 0 spiro atoms. The van der Waals surface area contributed by atoms with Gasteiger partial charge < -0.3 is 19.5 Å².